The molecule has 1 heterocycles. The molecule has 0 aromatic heterocycles. The first-order chi connectivity index (χ1) is 13.9. The molecule has 0 bridgehead atoms. The van der Waals surface area contributed by atoms with Crippen molar-refractivity contribution in [3.05, 3.63) is 58.7 Å². The second kappa shape index (κ2) is 7.95. The van der Waals surface area contributed by atoms with Crippen LogP contribution in [0, 0.1) is 20.8 Å². The molecule has 7 heteroatoms. The van der Waals surface area contributed by atoms with Gasteiger partial charge >= 0.3 is 0 Å². The highest BCUT2D eigenvalue weighted by atomic mass is 32.2. The molecule has 0 spiro atoms. The van der Waals surface area contributed by atoms with E-state index in [9.17, 15) is 13.2 Å². The molecule has 30 heavy (non-hydrogen) atoms. The number of para-hydroxylation sites is 1. The number of carbonyl (C=O) groups is 1. The fourth-order valence-electron chi connectivity index (χ4n) is 4.03. The molecule has 6 nitrogen and oxygen atoms in total. The highest BCUT2D eigenvalue weighted by Crippen LogP contribution is 2.40. The number of fused-ring (bicyclic) bond motifs is 1. The van der Waals surface area contributed by atoms with Gasteiger partial charge in [0, 0.05) is 12.0 Å². The lowest BCUT2D eigenvalue weighted by Gasteiger charge is -2.38. The number of nitrogens with zero attached hydrogens (tertiary/aromatic N) is 1. The summed E-state index contributed by atoms with van der Waals surface area (Å²) in [6.45, 7) is 9.37. The van der Waals surface area contributed by atoms with Crippen LogP contribution in [0.25, 0.3) is 0 Å². The fourth-order valence-corrected chi connectivity index (χ4v) is 5.01. The van der Waals surface area contributed by atoms with Crippen LogP contribution in [-0.2, 0) is 14.8 Å². The number of benzene rings is 2. The summed E-state index contributed by atoms with van der Waals surface area (Å²) in [5.41, 5.74) is 3.72. The molecular formula is C23H30N2O4S. The van der Waals surface area contributed by atoms with Crippen LogP contribution in [0.15, 0.2) is 36.4 Å². The first-order valence-electron chi connectivity index (χ1n) is 10.0. The van der Waals surface area contributed by atoms with E-state index in [2.05, 4.69) is 5.32 Å². The number of carbonyl (C=O) groups excluding carboxylic acids is 1. The van der Waals surface area contributed by atoms with Gasteiger partial charge in [-0.05, 0) is 51.8 Å². The van der Waals surface area contributed by atoms with Crippen LogP contribution in [0.3, 0.4) is 0 Å². The van der Waals surface area contributed by atoms with Crippen LogP contribution >= 0.6 is 0 Å². The number of ether oxygens (including phenoxy) is 1. The summed E-state index contributed by atoms with van der Waals surface area (Å²) < 4.78 is 32.3. The third-order valence-electron chi connectivity index (χ3n) is 5.33. The van der Waals surface area contributed by atoms with Gasteiger partial charge in [0.15, 0.2) is 0 Å². The largest absolute Gasteiger partial charge is 0.487 e. The number of nitrogens with one attached hydrogen (secondary N) is 1. The molecule has 1 unspecified atom stereocenters. The molecule has 2 aromatic rings. The molecule has 0 aliphatic carbocycles. The zero-order valence-electron chi connectivity index (χ0n) is 18.4. The van der Waals surface area contributed by atoms with Gasteiger partial charge in [-0.3, -0.25) is 9.10 Å². The first kappa shape index (κ1) is 22.2. The fraction of sp³-hybridized carbons (Fsp3) is 0.435. The number of anilines is 1. The first-order valence-corrected chi connectivity index (χ1v) is 11.8. The maximum absolute atomic E-state index is 13.0. The topological polar surface area (TPSA) is 75.7 Å². The third kappa shape index (κ3) is 4.78. The SMILES string of the molecule is Cc1ccc2c(c1)C(NC(=O)CN(c1c(C)cccc1C)S(C)(=O)=O)CC(C)(C)O2. The van der Waals surface area contributed by atoms with Crippen molar-refractivity contribution in [2.45, 2.75) is 52.7 Å². The Morgan fingerprint density at radius 1 is 1.17 bits per heavy atom. The standard InChI is InChI=1S/C23H30N2O4S/c1-15-10-11-20-18(12-15)19(13-23(4,5)29-20)24-21(26)14-25(30(6,27)28)22-16(2)8-7-9-17(22)3/h7-12,19H,13-14H2,1-6H3,(H,24,26). The summed E-state index contributed by atoms with van der Waals surface area (Å²) >= 11 is 0. The Bertz CT molecular complexity index is 1060. The minimum Gasteiger partial charge on any atom is -0.487 e. The third-order valence-corrected chi connectivity index (χ3v) is 6.45. The second-order valence-corrected chi connectivity index (χ2v) is 10.6. The average Bonchev–Trinajstić information content (AvgIpc) is 2.60. The summed E-state index contributed by atoms with van der Waals surface area (Å²) in [7, 11) is -3.64. The lowest BCUT2D eigenvalue weighted by atomic mass is 9.89. The van der Waals surface area contributed by atoms with Crippen LogP contribution in [0.5, 0.6) is 5.75 Å². The lowest BCUT2D eigenvalue weighted by molar-refractivity contribution is -0.120. The average molecular weight is 431 g/mol. The van der Waals surface area contributed by atoms with Crippen LogP contribution in [0.2, 0.25) is 0 Å². The number of rotatable bonds is 5. The molecule has 2 aromatic carbocycles. The van der Waals surface area contributed by atoms with Gasteiger partial charge in [0.25, 0.3) is 0 Å². The predicted molar refractivity (Wildman–Crippen MR) is 119 cm³/mol. The van der Waals surface area contributed by atoms with Gasteiger partial charge in [-0.15, -0.1) is 0 Å². The quantitative estimate of drug-likeness (QED) is 0.783. The molecular weight excluding hydrogens is 400 g/mol. The van der Waals surface area contributed by atoms with E-state index in [0.29, 0.717) is 12.1 Å². The number of amides is 1. The van der Waals surface area contributed by atoms with Crippen LogP contribution in [0.4, 0.5) is 5.69 Å². The summed E-state index contributed by atoms with van der Waals surface area (Å²) in [6.07, 6.45) is 1.72. The Kier molecular flexibility index (Phi) is 5.87. The molecule has 1 amide bonds. The highest BCUT2D eigenvalue weighted by Gasteiger charge is 2.35. The van der Waals surface area contributed by atoms with E-state index in [0.717, 1.165) is 34.3 Å². The zero-order chi connectivity index (χ0) is 22.3. The van der Waals surface area contributed by atoms with E-state index in [4.69, 9.17) is 4.74 Å². The zero-order valence-corrected chi connectivity index (χ0v) is 19.3. The molecule has 0 fully saturated rings. The molecule has 3 rings (SSSR count). The van der Waals surface area contributed by atoms with Gasteiger partial charge in [-0.2, -0.15) is 0 Å². The smallest absolute Gasteiger partial charge is 0.241 e. The number of hydrogen-bond acceptors (Lipinski definition) is 4. The summed E-state index contributed by atoms with van der Waals surface area (Å²) in [5.74, 6) is 0.398. The summed E-state index contributed by atoms with van der Waals surface area (Å²) in [5, 5.41) is 3.04. The minimum atomic E-state index is -3.64. The van der Waals surface area contributed by atoms with E-state index in [1.165, 1.54) is 4.31 Å². The van der Waals surface area contributed by atoms with Crippen LogP contribution in [-0.4, -0.2) is 32.7 Å². The highest BCUT2D eigenvalue weighted by molar-refractivity contribution is 7.92. The Hall–Kier alpha value is -2.54. The molecule has 162 valence electrons. The van der Waals surface area contributed by atoms with E-state index in [1.54, 1.807) is 0 Å². The van der Waals surface area contributed by atoms with Crippen molar-refractivity contribution in [2.75, 3.05) is 17.1 Å². The lowest BCUT2D eigenvalue weighted by Crippen LogP contribution is -2.45. The maximum atomic E-state index is 13.0. The van der Waals surface area contributed by atoms with E-state index in [-0.39, 0.29) is 18.5 Å². The van der Waals surface area contributed by atoms with Crippen LogP contribution in [0.1, 0.15) is 48.6 Å². The molecule has 1 N–H and O–H groups in total. The molecule has 0 saturated carbocycles. The van der Waals surface area contributed by atoms with Crippen molar-refractivity contribution < 1.29 is 17.9 Å². The summed E-state index contributed by atoms with van der Waals surface area (Å²) in [6, 6.07) is 11.2. The van der Waals surface area contributed by atoms with Gasteiger partial charge < -0.3 is 10.1 Å². The Morgan fingerprint density at radius 3 is 2.40 bits per heavy atom. The van der Waals surface area contributed by atoms with E-state index in [1.807, 2.05) is 71.0 Å². The Labute approximate surface area is 179 Å². The molecule has 0 saturated heterocycles. The molecule has 1 aliphatic heterocycles. The van der Waals surface area contributed by atoms with Gasteiger partial charge in [-0.25, -0.2) is 8.42 Å². The van der Waals surface area contributed by atoms with Crippen molar-refractivity contribution in [3.8, 4) is 5.75 Å². The molecule has 1 aliphatic rings. The Balaban J connectivity index is 1.89. The monoisotopic (exact) mass is 430 g/mol. The minimum absolute atomic E-state index is 0.254. The summed E-state index contributed by atoms with van der Waals surface area (Å²) in [4.78, 5) is 13.0. The number of hydrogen-bond donors (Lipinski definition) is 1. The van der Waals surface area contributed by atoms with E-state index < -0.39 is 15.6 Å². The number of aryl methyl sites for hydroxylation is 3. The molecule has 0 radical (unpaired) electrons. The Morgan fingerprint density at radius 2 is 1.80 bits per heavy atom. The van der Waals surface area contributed by atoms with Crippen molar-refractivity contribution in [1.29, 1.82) is 0 Å². The number of sulfonamides is 1. The maximum Gasteiger partial charge on any atom is 0.241 e. The van der Waals surface area contributed by atoms with Crippen LogP contribution < -0.4 is 14.4 Å². The van der Waals surface area contributed by atoms with Gasteiger partial charge in [0.2, 0.25) is 15.9 Å². The van der Waals surface area contributed by atoms with Crippen molar-refractivity contribution in [2.24, 2.45) is 0 Å². The van der Waals surface area contributed by atoms with E-state index >= 15 is 0 Å². The van der Waals surface area contributed by atoms with Crippen molar-refractivity contribution in [3.63, 3.8) is 0 Å². The normalized spacial score (nSPS) is 17.6. The van der Waals surface area contributed by atoms with Gasteiger partial charge in [0.1, 0.15) is 17.9 Å². The van der Waals surface area contributed by atoms with Crippen molar-refractivity contribution >= 4 is 21.6 Å². The van der Waals surface area contributed by atoms with Crippen molar-refractivity contribution in [1.82, 2.24) is 5.32 Å². The van der Waals surface area contributed by atoms with Gasteiger partial charge in [-0.1, -0.05) is 35.9 Å². The van der Waals surface area contributed by atoms with Gasteiger partial charge in [0.05, 0.1) is 18.0 Å². The molecule has 1 atom stereocenters. The second-order valence-electron chi connectivity index (χ2n) is 8.74. The predicted octanol–water partition coefficient (Wildman–Crippen LogP) is 3.80.